The minimum atomic E-state index is -3.39. The van der Waals surface area contributed by atoms with Crippen LogP contribution in [0.5, 0.6) is 0 Å². The molecular weight excluding hydrogens is 228 g/mol. The van der Waals surface area contributed by atoms with Gasteiger partial charge in [0.2, 0.25) is 0 Å². The summed E-state index contributed by atoms with van der Waals surface area (Å²) >= 11 is 0. The van der Waals surface area contributed by atoms with Gasteiger partial charge in [-0.1, -0.05) is 0 Å². The summed E-state index contributed by atoms with van der Waals surface area (Å²) in [6.07, 6.45) is 2.22. The molecule has 0 amide bonds. The number of nitrogens with zero attached hydrogens (tertiary/aromatic N) is 1. The van der Waals surface area contributed by atoms with Crippen LogP contribution in [0.1, 0.15) is 6.42 Å². The second kappa shape index (κ2) is 4.39. The highest BCUT2D eigenvalue weighted by atomic mass is 32.2. The molecule has 6 heteroatoms. The Morgan fingerprint density at radius 1 is 1.56 bits per heavy atom. The highest BCUT2D eigenvalue weighted by Crippen LogP contribution is 2.21. The van der Waals surface area contributed by atoms with Crippen LogP contribution in [0, 0.1) is 5.92 Å². The van der Waals surface area contributed by atoms with E-state index in [1.807, 2.05) is 0 Å². The van der Waals surface area contributed by atoms with Crippen LogP contribution in [0.2, 0.25) is 0 Å². The predicted molar refractivity (Wildman–Crippen MR) is 59.6 cm³/mol. The number of hydrogen-bond donors (Lipinski definition) is 1. The van der Waals surface area contributed by atoms with E-state index in [2.05, 4.69) is 4.98 Å². The smallest absolute Gasteiger partial charge is 0.198 e. The fourth-order valence-corrected chi connectivity index (χ4v) is 3.46. The number of ether oxygens (including phenoxy) is 1. The summed E-state index contributed by atoms with van der Waals surface area (Å²) in [5, 5.41) is -0.0121. The Morgan fingerprint density at radius 3 is 3.00 bits per heavy atom. The van der Waals surface area contributed by atoms with Crippen molar-refractivity contribution in [3.05, 3.63) is 18.3 Å². The van der Waals surface area contributed by atoms with Crippen molar-refractivity contribution in [3.8, 4) is 0 Å². The van der Waals surface area contributed by atoms with Gasteiger partial charge in [-0.3, -0.25) is 0 Å². The van der Waals surface area contributed by atoms with E-state index >= 15 is 0 Å². The lowest BCUT2D eigenvalue weighted by Gasteiger charge is -2.09. The van der Waals surface area contributed by atoms with Crippen molar-refractivity contribution in [1.82, 2.24) is 4.98 Å². The summed E-state index contributed by atoms with van der Waals surface area (Å²) in [5.41, 5.74) is 5.82. The Morgan fingerprint density at radius 2 is 2.38 bits per heavy atom. The molecule has 0 radical (unpaired) electrons. The molecule has 1 aromatic rings. The van der Waals surface area contributed by atoms with Gasteiger partial charge in [0.15, 0.2) is 14.9 Å². The van der Waals surface area contributed by atoms with Gasteiger partial charge < -0.3 is 10.5 Å². The Balaban J connectivity index is 2.21. The first-order chi connectivity index (χ1) is 7.59. The number of rotatable bonds is 3. The largest absolute Gasteiger partial charge is 0.396 e. The molecule has 2 rings (SSSR count). The molecule has 0 saturated carbocycles. The molecule has 1 aliphatic heterocycles. The molecule has 1 aliphatic rings. The Labute approximate surface area is 94.5 Å². The van der Waals surface area contributed by atoms with Crippen LogP contribution in [-0.4, -0.2) is 32.4 Å². The SMILES string of the molecule is Nc1cccnc1S(=O)(=O)CC1CCOC1. The number of anilines is 1. The van der Waals surface area contributed by atoms with Gasteiger partial charge in [0.25, 0.3) is 0 Å². The van der Waals surface area contributed by atoms with Gasteiger partial charge in [0, 0.05) is 12.8 Å². The fourth-order valence-electron chi connectivity index (χ4n) is 1.77. The first kappa shape index (κ1) is 11.3. The van der Waals surface area contributed by atoms with Crippen molar-refractivity contribution in [3.63, 3.8) is 0 Å². The topological polar surface area (TPSA) is 82.3 Å². The molecular formula is C10H14N2O3S. The van der Waals surface area contributed by atoms with E-state index in [0.29, 0.717) is 13.2 Å². The molecule has 88 valence electrons. The predicted octanol–water partition coefficient (Wildman–Crippen LogP) is 0.474. The average Bonchev–Trinajstić information content (AvgIpc) is 2.70. The van der Waals surface area contributed by atoms with Gasteiger partial charge in [0.05, 0.1) is 18.0 Å². The number of hydrogen-bond acceptors (Lipinski definition) is 5. The third-order valence-corrected chi connectivity index (χ3v) is 4.41. The number of nitrogen functional groups attached to an aromatic ring is 1. The monoisotopic (exact) mass is 242 g/mol. The summed E-state index contributed by atoms with van der Waals surface area (Å²) in [6.45, 7) is 1.14. The van der Waals surface area contributed by atoms with Crippen LogP contribution in [0.25, 0.3) is 0 Å². The van der Waals surface area contributed by atoms with Crippen LogP contribution in [0.4, 0.5) is 5.69 Å². The van der Waals surface area contributed by atoms with Crippen molar-refractivity contribution in [2.45, 2.75) is 11.4 Å². The standard InChI is InChI=1S/C10H14N2O3S/c11-9-2-1-4-12-10(9)16(13,14)7-8-3-5-15-6-8/h1-2,4,8H,3,5-7,11H2. The van der Waals surface area contributed by atoms with E-state index in [0.717, 1.165) is 6.42 Å². The molecule has 0 spiro atoms. The Kier molecular flexibility index (Phi) is 3.11. The zero-order valence-electron chi connectivity index (χ0n) is 8.80. The van der Waals surface area contributed by atoms with Crippen molar-refractivity contribution in [2.24, 2.45) is 5.92 Å². The second-order valence-electron chi connectivity index (χ2n) is 3.91. The first-order valence-electron chi connectivity index (χ1n) is 5.10. The normalized spacial score (nSPS) is 21.1. The van der Waals surface area contributed by atoms with Crippen molar-refractivity contribution in [1.29, 1.82) is 0 Å². The molecule has 2 heterocycles. The van der Waals surface area contributed by atoms with Crippen LogP contribution in [0.3, 0.4) is 0 Å². The molecule has 1 aromatic heterocycles. The second-order valence-corrected chi connectivity index (χ2v) is 5.86. The van der Waals surface area contributed by atoms with E-state index in [9.17, 15) is 8.42 Å². The maximum atomic E-state index is 12.0. The minimum Gasteiger partial charge on any atom is -0.396 e. The highest BCUT2D eigenvalue weighted by molar-refractivity contribution is 7.91. The summed E-state index contributed by atoms with van der Waals surface area (Å²) in [4.78, 5) is 3.84. The van der Waals surface area contributed by atoms with Crippen LogP contribution < -0.4 is 5.73 Å². The molecule has 0 aromatic carbocycles. The van der Waals surface area contributed by atoms with E-state index in [1.54, 1.807) is 12.1 Å². The van der Waals surface area contributed by atoms with E-state index in [1.165, 1.54) is 6.20 Å². The zero-order valence-corrected chi connectivity index (χ0v) is 9.61. The van der Waals surface area contributed by atoms with Crippen molar-refractivity contribution >= 4 is 15.5 Å². The fraction of sp³-hybridized carbons (Fsp3) is 0.500. The van der Waals surface area contributed by atoms with Gasteiger partial charge in [-0.25, -0.2) is 13.4 Å². The number of sulfone groups is 1. The number of nitrogens with two attached hydrogens (primary N) is 1. The quantitative estimate of drug-likeness (QED) is 0.833. The molecule has 0 bridgehead atoms. The maximum Gasteiger partial charge on any atom is 0.198 e. The molecule has 5 nitrogen and oxygen atoms in total. The average molecular weight is 242 g/mol. The summed E-state index contributed by atoms with van der Waals surface area (Å²) in [6, 6.07) is 3.16. The van der Waals surface area contributed by atoms with Gasteiger partial charge in [-0.15, -0.1) is 0 Å². The third kappa shape index (κ3) is 2.33. The lowest BCUT2D eigenvalue weighted by molar-refractivity contribution is 0.188. The van der Waals surface area contributed by atoms with Crippen molar-refractivity contribution < 1.29 is 13.2 Å². The molecule has 1 saturated heterocycles. The zero-order chi connectivity index (χ0) is 11.6. The molecule has 1 fully saturated rings. The van der Waals surface area contributed by atoms with Gasteiger partial charge in [-0.05, 0) is 24.5 Å². The molecule has 1 unspecified atom stereocenters. The highest BCUT2D eigenvalue weighted by Gasteiger charge is 2.26. The first-order valence-corrected chi connectivity index (χ1v) is 6.76. The van der Waals surface area contributed by atoms with Gasteiger partial charge in [-0.2, -0.15) is 0 Å². The lowest BCUT2D eigenvalue weighted by Crippen LogP contribution is -2.18. The van der Waals surface area contributed by atoms with Crippen LogP contribution >= 0.6 is 0 Å². The van der Waals surface area contributed by atoms with Crippen LogP contribution in [0.15, 0.2) is 23.4 Å². The minimum absolute atomic E-state index is 0.0121. The third-order valence-electron chi connectivity index (χ3n) is 2.57. The summed E-state index contributed by atoms with van der Waals surface area (Å²) in [7, 11) is -3.39. The Hall–Kier alpha value is -1.14. The van der Waals surface area contributed by atoms with E-state index in [4.69, 9.17) is 10.5 Å². The van der Waals surface area contributed by atoms with E-state index < -0.39 is 9.84 Å². The van der Waals surface area contributed by atoms with Gasteiger partial charge in [0.1, 0.15) is 0 Å². The maximum absolute atomic E-state index is 12.0. The van der Waals surface area contributed by atoms with Crippen molar-refractivity contribution in [2.75, 3.05) is 24.7 Å². The molecule has 2 N–H and O–H groups in total. The lowest BCUT2D eigenvalue weighted by atomic mass is 10.2. The Bertz CT molecular complexity index is 467. The summed E-state index contributed by atoms with van der Waals surface area (Å²) in [5.74, 6) is 0.125. The van der Waals surface area contributed by atoms with Crippen LogP contribution in [-0.2, 0) is 14.6 Å². The number of pyridine rings is 1. The number of aromatic nitrogens is 1. The summed E-state index contributed by atoms with van der Waals surface area (Å²) < 4.78 is 29.2. The molecule has 1 atom stereocenters. The van der Waals surface area contributed by atoms with Gasteiger partial charge >= 0.3 is 0 Å². The van der Waals surface area contributed by atoms with E-state index in [-0.39, 0.29) is 22.4 Å². The molecule has 16 heavy (non-hydrogen) atoms. The molecule has 0 aliphatic carbocycles.